The molecule has 0 unspecified atom stereocenters. The first-order valence-corrected chi connectivity index (χ1v) is 7.23. The molecule has 1 aromatic rings. The van der Waals surface area contributed by atoms with Crippen molar-refractivity contribution in [3.05, 3.63) is 23.8 Å². The minimum Gasteiger partial charge on any atom is -0.401 e. The summed E-state index contributed by atoms with van der Waals surface area (Å²) in [4.78, 5) is 18.6. The van der Waals surface area contributed by atoms with Crippen LogP contribution in [-0.4, -0.2) is 33.0 Å². The number of nitrogens with zero attached hydrogens (tertiary/aromatic N) is 2. The number of allylic oxidation sites excluding steroid dienone is 1. The Bertz CT molecular complexity index is 516. The second kappa shape index (κ2) is 7.69. The van der Waals surface area contributed by atoms with Crippen molar-refractivity contribution in [1.82, 2.24) is 20.3 Å². The van der Waals surface area contributed by atoms with Crippen molar-refractivity contribution < 1.29 is 4.79 Å². The average molecular weight is 309 g/mol. The zero-order chi connectivity index (χ0) is 16.8. The average Bonchev–Trinajstić information content (AvgIpc) is 2.71. The van der Waals surface area contributed by atoms with E-state index < -0.39 is 0 Å². The number of carbonyl (C=O) groups excluding carboxylic acids is 1. The Hall–Kier alpha value is -2.22. The Kier molecular flexibility index (Phi) is 6.24. The lowest BCUT2D eigenvalue weighted by Crippen LogP contribution is -2.46. The van der Waals surface area contributed by atoms with E-state index in [2.05, 4.69) is 15.3 Å². The van der Waals surface area contributed by atoms with Gasteiger partial charge in [0.05, 0.1) is 6.20 Å². The highest BCUT2D eigenvalue weighted by atomic mass is 16.2. The van der Waals surface area contributed by atoms with Gasteiger partial charge in [0.25, 0.3) is 0 Å². The van der Waals surface area contributed by atoms with E-state index >= 15 is 0 Å². The zero-order valence-electron chi connectivity index (χ0n) is 13.5. The Morgan fingerprint density at radius 3 is 2.73 bits per heavy atom. The molecule has 0 atom stereocenters. The summed E-state index contributed by atoms with van der Waals surface area (Å²) in [5, 5.41) is 4.13. The monoisotopic (exact) mass is 309 g/mol. The molecule has 8 heteroatoms. The number of rotatable bonds is 7. The van der Waals surface area contributed by atoms with Gasteiger partial charge >= 0.3 is 0 Å². The molecular formula is C14H27N7O. The van der Waals surface area contributed by atoms with E-state index in [9.17, 15) is 4.79 Å². The number of hydrogen-bond donors (Lipinski definition) is 5. The molecule has 0 fully saturated rings. The fourth-order valence-corrected chi connectivity index (χ4v) is 1.93. The highest BCUT2D eigenvalue weighted by Crippen LogP contribution is 2.07. The van der Waals surface area contributed by atoms with Crippen LogP contribution in [0.2, 0.25) is 0 Å². The molecule has 0 bridgehead atoms. The number of nitrogens with one attached hydrogen (secondary N) is 2. The normalized spacial score (nSPS) is 12.3. The summed E-state index contributed by atoms with van der Waals surface area (Å²) in [6.07, 6.45) is 5.61. The van der Waals surface area contributed by atoms with E-state index in [0.717, 1.165) is 18.5 Å². The molecule has 8 nitrogen and oxygen atoms in total. The number of aryl methyl sites for hydroxylation is 1. The van der Waals surface area contributed by atoms with E-state index in [1.54, 1.807) is 12.4 Å². The third-order valence-corrected chi connectivity index (χ3v) is 2.73. The smallest absolute Gasteiger partial charge is 0.241 e. The van der Waals surface area contributed by atoms with Gasteiger partial charge in [0.15, 0.2) is 5.95 Å². The second-order valence-corrected chi connectivity index (χ2v) is 6.32. The van der Waals surface area contributed by atoms with Crippen molar-refractivity contribution >= 4 is 11.9 Å². The molecule has 1 rings (SSSR count). The molecular weight excluding hydrogens is 282 g/mol. The highest BCUT2D eigenvalue weighted by Gasteiger charge is 2.14. The third-order valence-electron chi connectivity index (χ3n) is 2.73. The second-order valence-electron chi connectivity index (χ2n) is 6.32. The van der Waals surface area contributed by atoms with Crippen molar-refractivity contribution in [3.8, 4) is 0 Å². The van der Waals surface area contributed by atoms with E-state index in [0.29, 0.717) is 18.1 Å². The number of nitrogens with two attached hydrogens (primary N) is 3. The third kappa shape index (κ3) is 7.53. The Labute approximate surface area is 131 Å². The number of aromatic nitrogens is 2. The SMILES string of the molecule is CC(C)(C)NC(=O)CN(N)/C=C(\N)CCCc1cnc(N)[nH]1. The first-order chi connectivity index (χ1) is 10.2. The van der Waals surface area contributed by atoms with Crippen LogP contribution < -0.4 is 22.6 Å². The number of amides is 1. The van der Waals surface area contributed by atoms with Gasteiger partial charge in [0.1, 0.15) is 6.54 Å². The standard InChI is InChI=1S/C14H27N7O/c1-14(2,3)20-12(22)9-21(17)8-10(15)5-4-6-11-7-18-13(16)19-11/h7-8H,4-6,9,15,17H2,1-3H3,(H,20,22)(H3,16,18,19)/b10-8-. The van der Waals surface area contributed by atoms with Gasteiger partial charge in [-0.3, -0.25) is 4.79 Å². The maximum atomic E-state index is 11.7. The lowest BCUT2D eigenvalue weighted by molar-refractivity contribution is -0.123. The van der Waals surface area contributed by atoms with Crippen molar-refractivity contribution in [2.45, 2.75) is 45.6 Å². The first-order valence-electron chi connectivity index (χ1n) is 7.23. The molecule has 0 aliphatic rings. The van der Waals surface area contributed by atoms with E-state index in [-0.39, 0.29) is 18.0 Å². The van der Waals surface area contributed by atoms with Gasteiger partial charge in [0, 0.05) is 23.1 Å². The molecule has 0 aliphatic heterocycles. The predicted octanol–water partition coefficient (Wildman–Crippen LogP) is 0.205. The largest absolute Gasteiger partial charge is 0.401 e. The molecule has 0 saturated heterocycles. The molecule has 1 heterocycles. The molecule has 0 aromatic carbocycles. The van der Waals surface area contributed by atoms with Crippen LogP contribution in [0.25, 0.3) is 0 Å². The fourth-order valence-electron chi connectivity index (χ4n) is 1.93. The predicted molar refractivity (Wildman–Crippen MR) is 87.0 cm³/mol. The van der Waals surface area contributed by atoms with Gasteiger partial charge in [-0.1, -0.05) is 0 Å². The Balaban J connectivity index is 2.32. The number of nitrogen functional groups attached to an aromatic ring is 1. The van der Waals surface area contributed by atoms with Crippen LogP contribution in [-0.2, 0) is 11.2 Å². The minimum absolute atomic E-state index is 0.0645. The number of anilines is 1. The minimum atomic E-state index is -0.279. The number of aromatic amines is 1. The summed E-state index contributed by atoms with van der Waals surface area (Å²) in [6.45, 7) is 5.81. The van der Waals surface area contributed by atoms with Crippen molar-refractivity contribution in [3.63, 3.8) is 0 Å². The van der Waals surface area contributed by atoms with Crippen molar-refractivity contribution in [2.24, 2.45) is 11.6 Å². The lowest BCUT2D eigenvalue weighted by Gasteiger charge is -2.22. The van der Waals surface area contributed by atoms with Crippen molar-refractivity contribution in [2.75, 3.05) is 12.3 Å². The van der Waals surface area contributed by atoms with Gasteiger partial charge < -0.3 is 26.8 Å². The lowest BCUT2D eigenvalue weighted by atomic mass is 10.1. The zero-order valence-corrected chi connectivity index (χ0v) is 13.5. The molecule has 22 heavy (non-hydrogen) atoms. The Morgan fingerprint density at radius 2 is 2.18 bits per heavy atom. The van der Waals surface area contributed by atoms with Crippen LogP contribution >= 0.6 is 0 Å². The van der Waals surface area contributed by atoms with Crippen molar-refractivity contribution in [1.29, 1.82) is 0 Å². The van der Waals surface area contributed by atoms with Crippen LogP contribution in [0.1, 0.15) is 39.3 Å². The van der Waals surface area contributed by atoms with Crippen LogP contribution in [0, 0.1) is 0 Å². The van der Waals surface area contributed by atoms with Crippen LogP contribution in [0.5, 0.6) is 0 Å². The molecule has 8 N–H and O–H groups in total. The van der Waals surface area contributed by atoms with E-state index in [4.69, 9.17) is 17.3 Å². The van der Waals surface area contributed by atoms with Gasteiger partial charge in [-0.2, -0.15) is 0 Å². The number of hydrazine groups is 1. The maximum absolute atomic E-state index is 11.7. The summed E-state index contributed by atoms with van der Waals surface area (Å²) >= 11 is 0. The molecule has 0 saturated carbocycles. The van der Waals surface area contributed by atoms with Gasteiger partial charge in [0.2, 0.25) is 5.91 Å². The van der Waals surface area contributed by atoms with E-state index in [1.165, 1.54) is 5.01 Å². The Morgan fingerprint density at radius 1 is 1.50 bits per heavy atom. The summed E-state index contributed by atoms with van der Waals surface area (Å²) in [5.41, 5.74) is 12.7. The summed E-state index contributed by atoms with van der Waals surface area (Å²) in [6, 6.07) is 0. The first kappa shape index (κ1) is 17.8. The molecule has 1 amide bonds. The number of carbonyl (C=O) groups is 1. The summed E-state index contributed by atoms with van der Waals surface area (Å²) < 4.78 is 0. The van der Waals surface area contributed by atoms with Crippen LogP contribution in [0.15, 0.2) is 18.1 Å². The summed E-state index contributed by atoms with van der Waals surface area (Å²) in [5.74, 6) is 6.03. The number of H-pyrrole nitrogens is 1. The number of hydrogen-bond acceptors (Lipinski definition) is 6. The highest BCUT2D eigenvalue weighted by molar-refractivity contribution is 5.78. The molecule has 1 aromatic heterocycles. The molecule has 0 spiro atoms. The quantitative estimate of drug-likeness (QED) is 0.360. The fraction of sp³-hybridized carbons (Fsp3) is 0.571. The van der Waals surface area contributed by atoms with Crippen LogP contribution in [0.4, 0.5) is 5.95 Å². The van der Waals surface area contributed by atoms with Gasteiger partial charge in [-0.25, -0.2) is 10.8 Å². The van der Waals surface area contributed by atoms with Crippen LogP contribution in [0.3, 0.4) is 0 Å². The molecule has 0 aliphatic carbocycles. The number of imidazole rings is 1. The maximum Gasteiger partial charge on any atom is 0.241 e. The van der Waals surface area contributed by atoms with Gasteiger partial charge in [-0.15, -0.1) is 0 Å². The molecule has 124 valence electrons. The van der Waals surface area contributed by atoms with E-state index in [1.807, 2.05) is 20.8 Å². The van der Waals surface area contributed by atoms with Gasteiger partial charge in [-0.05, 0) is 40.0 Å². The topological polar surface area (TPSA) is 139 Å². The summed E-state index contributed by atoms with van der Waals surface area (Å²) in [7, 11) is 0. The molecule has 0 radical (unpaired) electrons.